The van der Waals surface area contributed by atoms with Gasteiger partial charge in [-0.15, -0.1) is 5.10 Å². The molecule has 0 atom stereocenters. The summed E-state index contributed by atoms with van der Waals surface area (Å²) in [4.78, 5) is 20.7. The average molecular weight is 536 g/mol. The minimum absolute atomic E-state index is 0.0444. The molecule has 0 unspecified atom stereocenters. The van der Waals surface area contributed by atoms with Crippen molar-refractivity contribution in [1.29, 1.82) is 0 Å². The third-order valence-corrected chi connectivity index (χ3v) is 8.18. The molecule has 0 aliphatic carbocycles. The number of hydrogen-bond acceptors (Lipinski definition) is 8. The highest BCUT2D eigenvalue weighted by molar-refractivity contribution is 7.89. The van der Waals surface area contributed by atoms with Gasteiger partial charge in [0.1, 0.15) is 11.6 Å². The van der Waals surface area contributed by atoms with Crippen LogP contribution in [-0.4, -0.2) is 79.4 Å². The standard InChI is InChI=1S/C25H37N5O6S/c1-7-18(8-2)24-26-17(4)22-25(31)27-23(28-30(22)24)20-16-19(10-11-21(20)36-9-3)37(32,33)29(12-14-34-5)13-15-35-6/h10-11,16,18H,7-9,12-15H2,1-6H3,(H,27,28,31). The molecule has 0 amide bonds. The van der Waals surface area contributed by atoms with E-state index in [2.05, 4.69) is 23.8 Å². The maximum atomic E-state index is 13.6. The van der Waals surface area contributed by atoms with E-state index in [9.17, 15) is 13.2 Å². The lowest BCUT2D eigenvalue weighted by atomic mass is 10.0. The molecule has 0 aliphatic heterocycles. The van der Waals surface area contributed by atoms with Crippen LogP contribution in [-0.2, 0) is 19.5 Å². The van der Waals surface area contributed by atoms with Crippen LogP contribution >= 0.6 is 0 Å². The van der Waals surface area contributed by atoms with Crippen molar-refractivity contribution in [1.82, 2.24) is 23.9 Å². The molecule has 0 saturated carbocycles. The monoisotopic (exact) mass is 535 g/mol. The molecule has 0 radical (unpaired) electrons. The van der Waals surface area contributed by atoms with E-state index in [1.807, 2.05) is 6.92 Å². The van der Waals surface area contributed by atoms with E-state index in [-0.39, 0.29) is 48.5 Å². The first kappa shape index (κ1) is 28.8. The van der Waals surface area contributed by atoms with E-state index in [0.29, 0.717) is 35.0 Å². The fourth-order valence-electron chi connectivity index (χ4n) is 4.26. The molecule has 12 heteroatoms. The van der Waals surface area contributed by atoms with Crippen molar-refractivity contribution >= 4 is 15.5 Å². The Morgan fingerprint density at radius 1 is 1.08 bits per heavy atom. The normalized spacial score (nSPS) is 12.2. The van der Waals surface area contributed by atoms with E-state index < -0.39 is 10.0 Å². The van der Waals surface area contributed by atoms with Crippen molar-refractivity contribution in [2.24, 2.45) is 0 Å². The number of nitrogens with one attached hydrogen (secondary N) is 1. The van der Waals surface area contributed by atoms with Crippen LogP contribution in [0, 0.1) is 6.92 Å². The highest BCUT2D eigenvalue weighted by Crippen LogP contribution is 2.32. The Bertz CT molecular complexity index is 1360. The fourth-order valence-corrected chi connectivity index (χ4v) is 5.69. The Balaban J connectivity index is 2.21. The van der Waals surface area contributed by atoms with Gasteiger partial charge >= 0.3 is 0 Å². The molecule has 0 spiro atoms. The second kappa shape index (κ2) is 12.6. The van der Waals surface area contributed by atoms with Crippen molar-refractivity contribution < 1.29 is 22.6 Å². The Morgan fingerprint density at radius 2 is 1.73 bits per heavy atom. The summed E-state index contributed by atoms with van der Waals surface area (Å²) in [5.74, 6) is 1.43. The average Bonchev–Trinajstić information content (AvgIpc) is 3.21. The summed E-state index contributed by atoms with van der Waals surface area (Å²) in [6.45, 7) is 8.90. The van der Waals surface area contributed by atoms with Gasteiger partial charge in [-0.2, -0.15) is 4.31 Å². The van der Waals surface area contributed by atoms with Crippen LogP contribution < -0.4 is 10.3 Å². The summed E-state index contributed by atoms with van der Waals surface area (Å²) in [5, 5.41) is 4.72. The first-order valence-corrected chi connectivity index (χ1v) is 13.9. The van der Waals surface area contributed by atoms with E-state index in [0.717, 1.165) is 12.8 Å². The van der Waals surface area contributed by atoms with Crippen LogP contribution in [0.15, 0.2) is 27.9 Å². The molecule has 2 aromatic heterocycles. The molecule has 3 aromatic rings. The van der Waals surface area contributed by atoms with Crippen molar-refractivity contribution in [3.05, 3.63) is 40.1 Å². The van der Waals surface area contributed by atoms with Crippen molar-refractivity contribution in [3.63, 3.8) is 0 Å². The number of sulfonamides is 1. The zero-order chi connectivity index (χ0) is 27.2. The molecule has 3 rings (SSSR count). The lowest BCUT2D eigenvalue weighted by molar-refractivity contribution is 0.150. The number of imidazole rings is 1. The Kier molecular flexibility index (Phi) is 9.82. The fraction of sp³-hybridized carbons (Fsp3) is 0.560. The SMILES string of the molecule is CCOc1ccc(S(=O)(=O)N(CCOC)CCOC)cc1-c1nn2c(C(CC)CC)nc(C)c2c(=O)[nH]1. The number of rotatable bonds is 14. The highest BCUT2D eigenvalue weighted by atomic mass is 32.2. The van der Waals surface area contributed by atoms with Crippen LogP contribution in [0.25, 0.3) is 16.9 Å². The zero-order valence-electron chi connectivity index (χ0n) is 22.4. The highest BCUT2D eigenvalue weighted by Gasteiger charge is 2.27. The van der Waals surface area contributed by atoms with Crippen LogP contribution in [0.4, 0.5) is 0 Å². The minimum Gasteiger partial charge on any atom is -0.493 e. The van der Waals surface area contributed by atoms with Gasteiger partial charge in [0.25, 0.3) is 5.56 Å². The van der Waals surface area contributed by atoms with Gasteiger partial charge < -0.3 is 19.2 Å². The van der Waals surface area contributed by atoms with Gasteiger partial charge in [-0.1, -0.05) is 13.8 Å². The number of hydrogen-bond donors (Lipinski definition) is 1. The second-order valence-corrected chi connectivity index (χ2v) is 10.6. The molecule has 0 fully saturated rings. The topological polar surface area (TPSA) is 128 Å². The molecular formula is C25H37N5O6S. The van der Waals surface area contributed by atoms with Gasteiger partial charge in [-0.3, -0.25) is 4.79 Å². The van der Waals surface area contributed by atoms with Crippen LogP contribution in [0.2, 0.25) is 0 Å². The lowest BCUT2D eigenvalue weighted by Crippen LogP contribution is -2.36. The van der Waals surface area contributed by atoms with Crippen LogP contribution in [0.3, 0.4) is 0 Å². The number of benzene rings is 1. The third-order valence-electron chi connectivity index (χ3n) is 6.28. The van der Waals surface area contributed by atoms with Crippen LogP contribution in [0.5, 0.6) is 5.75 Å². The number of aromatic nitrogens is 4. The lowest BCUT2D eigenvalue weighted by Gasteiger charge is -2.22. The largest absolute Gasteiger partial charge is 0.493 e. The summed E-state index contributed by atoms with van der Waals surface area (Å²) in [7, 11) is -0.875. The van der Waals surface area contributed by atoms with E-state index in [4.69, 9.17) is 19.3 Å². The van der Waals surface area contributed by atoms with Gasteiger partial charge in [-0.25, -0.2) is 17.9 Å². The molecule has 1 N–H and O–H groups in total. The third kappa shape index (κ3) is 6.03. The van der Waals surface area contributed by atoms with Gasteiger partial charge in [0, 0.05) is 33.2 Å². The maximum Gasteiger partial charge on any atom is 0.277 e. The molecule has 11 nitrogen and oxygen atoms in total. The van der Waals surface area contributed by atoms with E-state index >= 15 is 0 Å². The first-order chi connectivity index (χ1) is 17.7. The van der Waals surface area contributed by atoms with Crippen LogP contribution in [0.1, 0.15) is 51.0 Å². The van der Waals surface area contributed by atoms with E-state index in [1.54, 1.807) is 17.5 Å². The minimum atomic E-state index is -3.91. The first-order valence-electron chi connectivity index (χ1n) is 12.5. The molecule has 204 valence electrons. The van der Waals surface area contributed by atoms with Crippen molar-refractivity contribution in [2.45, 2.75) is 51.3 Å². The Hall–Kier alpha value is -2.80. The van der Waals surface area contributed by atoms with Crippen molar-refractivity contribution in [2.75, 3.05) is 47.1 Å². The number of nitrogens with zero attached hydrogens (tertiary/aromatic N) is 4. The van der Waals surface area contributed by atoms with Gasteiger partial charge in [0.15, 0.2) is 11.3 Å². The molecule has 0 saturated heterocycles. The van der Waals surface area contributed by atoms with Gasteiger partial charge in [0.05, 0.1) is 36.0 Å². The number of aryl methyl sites for hydroxylation is 1. The molecule has 1 aromatic carbocycles. The molecule has 0 bridgehead atoms. The zero-order valence-corrected chi connectivity index (χ0v) is 23.2. The predicted molar refractivity (Wildman–Crippen MR) is 141 cm³/mol. The summed E-state index contributed by atoms with van der Waals surface area (Å²) < 4.78 is 46.0. The summed E-state index contributed by atoms with van der Waals surface area (Å²) in [6.07, 6.45) is 1.69. The van der Waals surface area contributed by atoms with Gasteiger partial charge in [-0.05, 0) is 44.9 Å². The molecule has 2 heterocycles. The van der Waals surface area contributed by atoms with Gasteiger partial charge in [0.2, 0.25) is 10.0 Å². The van der Waals surface area contributed by atoms with Crippen molar-refractivity contribution in [3.8, 4) is 17.1 Å². The predicted octanol–water partition coefficient (Wildman–Crippen LogP) is 2.98. The molecule has 0 aliphatic rings. The smallest absolute Gasteiger partial charge is 0.277 e. The number of H-pyrrole nitrogens is 1. The number of methoxy groups -OCH3 is 2. The summed E-state index contributed by atoms with van der Waals surface area (Å²) in [6, 6.07) is 4.56. The quantitative estimate of drug-likeness (QED) is 0.334. The second-order valence-electron chi connectivity index (χ2n) is 8.61. The molecular weight excluding hydrogens is 498 g/mol. The summed E-state index contributed by atoms with van der Waals surface area (Å²) >= 11 is 0. The van der Waals surface area contributed by atoms with E-state index in [1.165, 1.54) is 30.7 Å². The number of aromatic amines is 1. The number of ether oxygens (including phenoxy) is 3. The Morgan fingerprint density at radius 3 is 2.30 bits per heavy atom. The Labute approximate surface area is 217 Å². The number of fused-ring (bicyclic) bond motifs is 1. The summed E-state index contributed by atoms with van der Waals surface area (Å²) in [5.41, 5.74) is 0.972. The maximum absolute atomic E-state index is 13.6. The molecule has 37 heavy (non-hydrogen) atoms.